The molecule has 0 fully saturated rings. The Kier molecular flexibility index (Phi) is 4.65. The Balaban J connectivity index is 1.67. The average Bonchev–Trinajstić information content (AvgIpc) is 3.15. The number of rotatable bonds is 5. The van der Waals surface area contributed by atoms with Crippen LogP contribution in [0.5, 0.6) is 0 Å². The SMILES string of the molecule is CC(C)(CNC(=O)c1ccc(-n2ccnc2)cc1)c1ccccc1F. The lowest BCUT2D eigenvalue weighted by atomic mass is 9.84. The topological polar surface area (TPSA) is 46.9 Å². The number of nitrogens with one attached hydrogen (secondary N) is 1. The molecule has 0 aliphatic carbocycles. The summed E-state index contributed by atoms with van der Waals surface area (Å²) in [5.74, 6) is -0.437. The van der Waals surface area contributed by atoms with E-state index in [1.807, 2.05) is 36.7 Å². The molecule has 0 saturated heterocycles. The van der Waals surface area contributed by atoms with Crippen molar-refractivity contribution in [3.8, 4) is 5.69 Å². The molecule has 2 aromatic carbocycles. The third-order valence-electron chi connectivity index (χ3n) is 4.23. The van der Waals surface area contributed by atoms with E-state index in [0.29, 0.717) is 17.7 Å². The Morgan fingerprint density at radius 3 is 2.52 bits per heavy atom. The summed E-state index contributed by atoms with van der Waals surface area (Å²) in [4.78, 5) is 16.4. The van der Waals surface area contributed by atoms with E-state index in [1.165, 1.54) is 6.07 Å². The molecule has 4 nitrogen and oxygen atoms in total. The van der Waals surface area contributed by atoms with Crippen LogP contribution in [0.1, 0.15) is 29.8 Å². The standard InChI is InChI=1S/C20H20FN3O/c1-20(2,17-5-3-4-6-18(17)21)13-23-19(25)15-7-9-16(10-8-15)24-12-11-22-14-24/h3-12,14H,13H2,1-2H3,(H,23,25). The molecule has 1 aromatic heterocycles. The van der Waals surface area contributed by atoms with Gasteiger partial charge in [0.05, 0.1) is 6.33 Å². The van der Waals surface area contributed by atoms with Crippen molar-refractivity contribution in [2.75, 3.05) is 6.54 Å². The minimum atomic E-state index is -0.502. The van der Waals surface area contributed by atoms with E-state index in [0.717, 1.165) is 5.69 Å². The highest BCUT2D eigenvalue weighted by Gasteiger charge is 2.24. The summed E-state index contributed by atoms with van der Waals surface area (Å²) < 4.78 is 15.9. The zero-order valence-corrected chi connectivity index (χ0v) is 14.2. The van der Waals surface area contributed by atoms with E-state index in [2.05, 4.69) is 10.3 Å². The normalized spacial score (nSPS) is 11.3. The lowest BCUT2D eigenvalue weighted by Gasteiger charge is -2.26. The van der Waals surface area contributed by atoms with Gasteiger partial charge in [-0.1, -0.05) is 32.0 Å². The molecule has 0 bridgehead atoms. The van der Waals surface area contributed by atoms with Gasteiger partial charge in [0, 0.05) is 35.6 Å². The molecule has 1 heterocycles. The number of nitrogens with zero attached hydrogens (tertiary/aromatic N) is 2. The van der Waals surface area contributed by atoms with Crippen molar-refractivity contribution in [2.24, 2.45) is 0 Å². The maximum absolute atomic E-state index is 14.0. The second-order valence-corrected chi connectivity index (χ2v) is 6.56. The van der Waals surface area contributed by atoms with Crippen molar-refractivity contribution in [3.63, 3.8) is 0 Å². The molecule has 0 aliphatic rings. The third-order valence-corrected chi connectivity index (χ3v) is 4.23. The van der Waals surface area contributed by atoms with E-state index in [1.54, 1.807) is 42.9 Å². The van der Waals surface area contributed by atoms with Crippen molar-refractivity contribution >= 4 is 5.91 Å². The van der Waals surface area contributed by atoms with Crippen molar-refractivity contribution in [1.29, 1.82) is 0 Å². The van der Waals surface area contributed by atoms with E-state index < -0.39 is 5.41 Å². The molecule has 0 unspecified atom stereocenters. The number of halogens is 1. The van der Waals surface area contributed by atoms with E-state index in [4.69, 9.17) is 0 Å². The molecule has 0 saturated carbocycles. The van der Waals surface area contributed by atoms with Gasteiger partial charge >= 0.3 is 0 Å². The van der Waals surface area contributed by atoms with Gasteiger partial charge < -0.3 is 9.88 Å². The Hall–Kier alpha value is -2.95. The molecule has 0 radical (unpaired) electrons. The molecule has 25 heavy (non-hydrogen) atoms. The molecule has 5 heteroatoms. The number of amides is 1. The van der Waals surface area contributed by atoms with Crippen LogP contribution in [0.3, 0.4) is 0 Å². The maximum atomic E-state index is 14.0. The Bertz CT molecular complexity index is 855. The van der Waals surface area contributed by atoms with Crippen LogP contribution in [0.2, 0.25) is 0 Å². The predicted octanol–water partition coefficient (Wildman–Crippen LogP) is 3.72. The second kappa shape index (κ2) is 6.89. The van der Waals surface area contributed by atoms with Crippen LogP contribution in [0, 0.1) is 5.82 Å². The quantitative estimate of drug-likeness (QED) is 0.771. The third kappa shape index (κ3) is 3.76. The first-order valence-corrected chi connectivity index (χ1v) is 8.09. The van der Waals surface area contributed by atoms with Crippen LogP contribution in [-0.4, -0.2) is 22.0 Å². The van der Waals surface area contributed by atoms with Crippen molar-refractivity contribution < 1.29 is 9.18 Å². The lowest BCUT2D eigenvalue weighted by molar-refractivity contribution is 0.0945. The van der Waals surface area contributed by atoms with Gasteiger partial charge in [0.25, 0.3) is 5.91 Å². The van der Waals surface area contributed by atoms with Gasteiger partial charge in [-0.3, -0.25) is 4.79 Å². The van der Waals surface area contributed by atoms with Crippen LogP contribution in [0.15, 0.2) is 67.3 Å². The van der Waals surface area contributed by atoms with E-state index in [-0.39, 0.29) is 11.7 Å². The van der Waals surface area contributed by atoms with Crippen LogP contribution in [0.25, 0.3) is 5.69 Å². The van der Waals surface area contributed by atoms with Gasteiger partial charge in [0.2, 0.25) is 0 Å². The molecule has 1 amide bonds. The van der Waals surface area contributed by atoms with E-state index >= 15 is 0 Å². The average molecular weight is 337 g/mol. The summed E-state index contributed by atoms with van der Waals surface area (Å²) in [5, 5.41) is 2.89. The van der Waals surface area contributed by atoms with Gasteiger partial charge in [0.15, 0.2) is 0 Å². The molecular weight excluding hydrogens is 317 g/mol. The summed E-state index contributed by atoms with van der Waals surface area (Å²) in [5.41, 5.74) is 1.58. The second-order valence-electron chi connectivity index (χ2n) is 6.56. The van der Waals surface area contributed by atoms with Gasteiger partial charge in [-0.15, -0.1) is 0 Å². The number of aromatic nitrogens is 2. The van der Waals surface area contributed by atoms with Crippen molar-refractivity contribution in [2.45, 2.75) is 19.3 Å². The number of hydrogen-bond donors (Lipinski definition) is 1. The van der Waals surface area contributed by atoms with Crippen LogP contribution < -0.4 is 5.32 Å². The summed E-state index contributed by atoms with van der Waals surface area (Å²) in [7, 11) is 0. The number of benzene rings is 2. The Labute approximate surface area is 146 Å². The number of carbonyl (C=O) groups is 1. The number of carbonyl (C=O) groups excluding carboxylic acids is 1. The molecule has 0 atom stereocenters. The summed E-state index contributed by atoms with van der Waals surface area (Å²) >= 11 is 0. The molecule has 3 rings (SSSR count). The zero-order chi connectivity index (χ0) is 17.9. The maximum Gasteiger partial charge on any atom is 0.251 e. The number of imidazole rings is 1. The van der Waals surface area contributed by atoms with Gasteiger partial charge in [0.1, 0.15) is 5.82 Å². The summed E-state index contributed by atoms with van der Waals surface area (Å²) in [6, 6.07) is 13.9. The van der Waals surface area contributed by atoms with Crippen LogP contribution >= 0.6 is 0 Å². The van der Waals surface area contributed by atoms with Gasteiger partial charge in [-0.25, -0.2) is 9.37 Å². The van der Waals surface area contributed by atoms with Gasteiger partial charge in [-0.05, 0) is 35.9 Å². The smallest absolute Gasteiger partial charge is 0.251 e. The highest BCUT2D eigenvalue weighted by Crippen LogP contribution is 2.25. The molecule has 0 aliphatic heterocycles. The predicted molar refractivity (Wildman–Crippen MR) is 95.3 cm³/mol. The minimum Gasteiger partial charge on any atom is -0.351 e. The minimum absolute atomic E-state index is 0.179. The number of hydrogen-bond acceptors (Lipinski definition) is 2. The fourth-order valence-corrected chi connectivity index (χ4v) is 2.71. The van der Waals surface area contributed by atoms with Crippen molar-refractivity contribution in [1.82, 2.24) is 14.9 Å². The largest absolute Gasteiger partial charge is 0.351 e. The summed E-state index contributed by atoms with van der Waals surface area (Å²) in [6.07, 6.45) is 5.24. The fourth-order valence-electron chi connectivity index (χ4n) is 2.71. The van der Waals surface area contributed by atoms with Crippen molar-refractivity contribution in [3.05, 3.63) is 84.2 Å². The summed E-state index contributed by atoms with van der Waals surface area (Å²) in [6.45, 7) is 4.16. The molecule has 3 aromatic rings. The highest BCUT2D eigenvalue weighted by molar-refractivity contribution is 5.94. The Morgan fingerprint density at radius 2 is 1.88 bits per heavy atom. The first kappa shape index (κ1) is 16.9. The highest BCUT2D eigenvalue weighted by atomic mass is 19.1. The van der Waals surface area contributed by atoms with Crippen LogP contribution in [-0.2, 0) is 5.41 Å². The van der Waals surface area contributed by atoms with Crippen LogP contribution in [0.4, 0.5) is 4.39 Å². The molecule has 0 spiro atoms. The first-order chi connectivity index (χ1) is 12.0. The Morgan fingerprint density at radius 1 is 1.16 bits per heavy atom. The van der Waals surface area contributed by atoms with Gasteiger partial charge in [-0.2, -0.15) is 0 Å². The molecule has 1 N–H and O–H groups in total. The molecular formula is C20H20FN3O. The van der Waals surface area contributed by atoms with E-state index in [9.17, 15) is 9.18 Å². The first-order valence-electron chi connectivity index (χ1n) is 8.09. The lowest BCUT2D eigenvalue weighted by Crippen LogP contribution is -2.37. The molecule has 128 valence electrons. The fraction of sp³-hybridized carbons (Fsp3) is 0.200. The monoisotopic (exact) mass is 337 g/mol. The zero-order valence-electron chi connectivity index (χ0n) is 14.2.